The Morgan fingerprint density at radius 1 is 1.10 bits per heavy atom. The monoisotopic (exact) mass is 439 g/mol. The Balaban J connectivity index is 1.42. The minimum absolute atomic E-state index is 0.397. The number of sulfone groups is 1. The van der Waals surface area contributed by atoms with Gasteiger partial charge in [0.1, 0.15) is 5.69 Å². The number of H-pyrrole nitrogens is 1. The van der Waals surface area contributed by atoms with E-state index in [-0.39, 0.29) is 0 Å². The molecule has 0 spiro atoms. The van der Waals surface area contributed by atoms with Gasteiger partial charge >= 0.3 is 5.51 Å². The van der Waals surface area contributed by atoms with Gasteiger partial charge in [0.05, 0.1) is 11.6 Å². The number of rotatable bonds is 5. The van der Waals surface area contributed by atoms with E-state index in [0.29, 0.717) is 37.0 Å². The van der Waals surface area contributed by atoms with Crippen LogP contribution < -0.4 is 4.90 Å². The van der Waals surface area contributed by atoms with Crippen LogP contribution in [-0.2, 0) is 16.4 Å². The molecule has 0 radical (unpaired) electrons. The van der Waals surface area contributed by atoms with Gasteiger partial charge in [0.25, 0.3) is 9.84 Å². The fraction of sp³-hybridized carbons (Fsp3) is 0.294. The van der Waals surface area contributed by atoms with Crippen LogP contribution in [0.5, 0.6) is 0 Å². The molecule has 1 aliphatic heterocycles. The first-order valence-electron chi connectivity index (χ1n) is 8.81. The van der Waals surface area contributed by atoms with Crippen molar-refractivity contribution in [3.05, 3.63) is 48.2 Å². The number of alkyl halides is 3. The highest BCUT2D eigenvalue weighted by atomic mass is 32.2. The highest BCUT2D eigenvalue weighted by Gasteiger charge is 2.46. The zero-order valence-corrected chi connectivity index (χ0v) is 16.2. The molecular formula is C17H16F3N7O2S. The smallest absolute Gasteiger partial charge is 0.357 e. The quantitative estimate of drug-likeness (QED) is 0.642. The minimum atomic E-state index is -5.34. The van der Waals surface area contributed by atoms with Gasteiger partial charge in [0.2, 0.25) is 5.82 Å². The summed E-state index contributed by atoms with van der Waals surface area (Å²) >= 11 is 0. The summed E-state index contributed by atoms with van der Waals surface area (Å²) in [5.74, 6) is 0.397. The fourth-order valence-electron chi connectivity index (χ4n) is 3.18. The third-order valence-corrected chi connectivity index (χ3v) is 6.18. The predicted octanol–water partition coefficient (Wildman–Crippen LogP) is 1.83. The van der Waals surface area contributed by atoms with E-state index >= 15 is 0 Å². The Morgan fingerprint density at radius 2 is 1.87 bits per heavy atom. The summed E-state index contributed by atoms with van der Waals surface area (Å²) in [6.07, 6.45) is 1.66. The number of tetrazole rings is 1. The van der Waals surface area contributed by atoms with Crippen molar-refractivity contribution in [1.82, 2.24) is 30.5 Å². The average Bonchev–Trinajstić information content (AvgIpc) is 3.40. The maximum atomic E-state index is 12.7. The number of nitrogens with one attached hydrogen (secondary N) is 1. The SMILES string of the molecule is O=S(=O)(c1ccc(N2CCN(Cc3ccnc(-c4nn[nH]n4)c3)C2)cc1)C(F)(F)F. The molecule has 13 heteroatoms. The van der Waals surface area contributed by atoms with Gasteiger partial charge in [-0.25, -0.2) is 8.42 Å². The van der Waals surface area contributed by atoms with Gasteiger partial charge in [-0.15, -0.1) is 10.2 Å². The molecule has 3 heterocycles. The Bertz CT molecular complexity index is 1120. The number of pyridine rings is 1. The predicted molar refractivity (Wildman–Crippen MR) is 99.7 cm³/mol. The highest BCUT2D eigenvalue weighted by molar-refractivity contribution is 7.92. The van der Waals surface area contributed by atoms with E-state index in [1.54, 1.807) is 6.20 Å². The molecule has 1 saturated heterocycles. The third-order valence-electron chi connectivity index (χ3n) is 4.68. The van der Waals surface area contributed by atoms with Crippen molar-refractivity contribution in [1.29, 1.82) is 0 Å². The van der Waals surface area contributed by atoms with Crippen molar-refractivity contribution >= 4 is 15.5 Å². The summed E-state index contributed by atoms with van der Waals surface area (Å²) < 4.78 is 61.0. The minimum Gasteiger partial charge on any atom is -0.357 e. The number of hydrogen-bond acceptors (Lipinski definition) is 8. The summed E-state index contributed by atoms with van der Waals surface area (Å²) in [7, 11) is -5.34. The second-order valence-electron chi connectivity index (χ2n) is 6.69. The summed E-state index contributed by atoms with van der Waals surface area (Å²) in [5, 5.41) is 13.7. The second kappa shape index (κ2) is 7.65. The van der Waals surface area contributed by atoms with E-state index in [4.69, 9.17) is 0 Å². The molecule has 30 heavy (non-hydrogen) atoms. The first-order valence-corrected chi connectivity index (χ1v) is 10.3. The average molecular weight is 439 g/mol. The zero-order valence-electron chi connectivity index (χ0n) is 15.4. The van der Waals surface area contributed by atoms with Gasteiger partial charge < -0.3 is 4.90 Å². The van der Waals surface area contributed by atoms with Gasteiger partial charge in [0, 0.05) is 31.5 Å². The number of aromatic nitrogens is 5. The molecule has 3 aromatic rings. The molecule has 0 aliphatic carbocycles. The molecule has 0 saturated carbocycles. The molecule has 2 aromatic heterocycles. The van der Waals surface area contributed by atoms with E-state index < -0.39 is 20.2 Å². The first-order chi connectivity index (χ1) is 14.2. The third kappa shape index (κ3) is 3.98. The molecule has 9 nitrogen and oxygen atoms in total. The van der Waals surface area contributed by atoms with E-state index in [0.717, 1.165) is 24.2 Å². The van der Waals surface area contributed by atoms with Gasteiger partial charge in [-0.2, -0.15) is 18.4 Å². The van der Waals surface area contributed by atoms with Crippen LogP contribution in [0.15, 0.2) is 47.5 Å². The van der Waals surface area contributed by atoms with Gasteiger partial charge in [-0.3, -0.25) is 9.88 Å². The van der Waals surface area contributed by atoms with Crippen LogP contribution in [0, 0.1) is 0 Å². The van der Waals surface area contributed by atoms with E-state index in [1.165, 1.54) is 12.1 Å². The Labute approximate surface area is 169 Å². The van der Waals surface area contributed by atoms with E-state index in [9.17, 15) is 21.6 Å². The largest absolute Gasteiger partial charge is 0.501 e. The molecule has 1 aliphatic rings. The van der Waals surface area contributed by atoms with Gasteiger partial charge in [-0.05, 0) is 47.2 Å². The zero-order chi connectivity index (χ0) is 21.4. The van der Waals surface area contributed by atoms with Crippen LogP contribution in [0.4, 0.5) is 18.9 Å². The maximum absolute atomic E-state index is 12.7. The molecular weight excluding hydrogens is 423 g/mol. The molecule has 158 valence electrons. The summed E-state index contributed by atoms with van der Waals surface area (Å²) in [4.78, 5) is 7.57. The number of benzene rings is 1. The van der Waals surface area contributed by atoms with Gasteiger partial charge in [-0.1, -0.05) is 0 Å². The van der Waals surface area contributed by atoms with E-state index in [2.05, 4.69) is 30.5 Å². The Kier molecular flexibility index (Phi) is 5.15. The molecule has 1 fully saturated rings. The first kappa shape index (κ1) is 20.2. The molecule has 1 aromatic carbocycles. The molecule has 1 N–H and O–H groups in total. The lowest BCUT2D eigenvalue weighted by molar-refractivity contribution is -0.0436. The summed E-state index contributed by atoms with van der Waals surface area (Å²) in [5.41, 5.74) is -3.07. The molecule has 0 bridgehead atoms. The molecule has 4 rings (SSSR count). The van der Waals surface area contributed by atoms with E-state index in [1.807, 2.05) is 17.0 Å². The maximum Gasteiger partial charge on any atom is 0.501 e. The standard InChI is InChI=1S/C17H16F3N7O2S/c18-17(19,20)30(28,29)14-3-1-13(2-4-14)27-8-7-26(11-27)10-12-5-6-21-15(9-12)16-22-24-25-23-16/h1-6,9H,7-8,10-11H2,(H,22,23,24,25). The number of anilines is 1. The van der Waals surface area contributed by atoms with Crippen LogP contribution in [0.25, 0.3) is 11.5 Å². The van der Waals surface area contributed by atoms with Crippen LogP contribution in [0.2, 0.25) is 0 Å². The normalized spacial score (nSPS) is 15.6. The molecule has 0 unspecified atom stereocenters. The van der Waals surface area contributed by atoms with Gasteiger partial charge in [0.15, 0.2) is 0 Å². The Morgan fingerprint density at radius 3 is 2.53 bits per heavy atom. The van der Waals surface area contributed by atoms with Crippen molar-refractivity contribution in [2.45, 2.75) is 16.9 Å². The molecule has 0 atom stereocenters. The lowest BCUT2D eigenvalue weighted by Crippen LogP contribution is -2.25. The Hall–Kier alpha value is -3.06. The molecule has 0 amide bonds. The lowest BCUT2D eigenvalue weighted by Gasteiger charge is -2.20. The highest BCUT2D eigenvalue weighted by Crippen LogP contribution is 2.31. The summed E-state index contributed by atoms with van der Waals surface area (Å²) in [6.45, 7) is 2.58. The summed E-state index contributed by atoms with van der Waals surface area (Å²) in [6, 6.07) is 8.50. The van der Waals surface area contributed by atoms with Crippen LogP contribution in [0.3, 0.4) is 0 Å². The van der Waals surface area contributed by atoms with Crippen molar-refractivity contribution in [3.63, 3.8) is 0 Å². The van der Waals surface area contributed by atoms with Crippen molar-refractivity contribution < 1.29 is 21.6 Å². The lowest BCUT2D eigenvalue weighted by atomic mass is 10.2. The number of aromatic amines is 1. The number of halogens is 3. The second-order valence-corrected chi connectivity index (χ2v) is 8.63. The van der Waals surface area contributed by atoms with Crippen LogP contribution >= 0.6 is 0 Å². The fourth-order valence-corrected chi connectivity index (χ4v) is 3.94. The number of nitrogens with zero attached hydrogens (tertiary/aromatic N) is 6. The number of hydrogen-bond donors (Lipinski definition) is 1. The van der Waals surface area contributed by atoms with Crippen molar-refractivity contribution in [3.8, 4) is 11.5 Å². The topological polar surface area (TPSA) is 108 Å². The van der Waals surface area contributed by atoms with Crippen molar-refractivity contribution in [2.24, 2.45) is 0 Å². The van der Waals surface area contributed by atoms with Crippen LogP contribution in [0.1, 0.15) is 5.56 Å². The van der Waals surface area contributed by atoms with Crippen LogP contribution in [-0.4, -0.2) is 64.2 Å². The van der Waals surface area contributed by atoms with Crippen molar-refractivity contribution in [2.75, 3.05) is 24.7 Å².